The first-order valence-electron chi connectivity index (χ1n) is 5.28. The molecule has 0 aliphatic rings. The van der Waals surface area contributed by atoms with Crippen LogP contribution < -0.4 is 0 Å². The van der Waals surface area contributed by atoms with Crippen molar-refractivity contribution < 1.29 is 0 Å². The second-order valence-corrected chi connectivity index (χ2v) is 5.63. The largest absolute Gasteiger partial charge is 0.302 e. The van der Waals surface area contributed by atoms with Gasteiger partial charge in [0.05, 0.1) is 0 Å². The molecule has 0 aliphatic heterocycles. The van der Waals surface area contributed by atoms with Crippen LogP contribution in [-0.2, 0) is 0 Å². The highest BCUT2D eigenvalue weighted by molar-refractivity contribution is 9.09. The minimum absolute atomic E-state index is 0.471. The summed E-state index contributed by atoms with van der Waals surface area (Å²) in [7, 11) is 0. The summed E-state index contributed by atoms with van der Waals surface area (Å²) in [5, 5.41) is 1.09. The molecule has 0 aliphatic carbocycles. The molecule has 0 rings (SSSR count). The third-order valence-electron chi connectivity index (χ3n) is 2.12. The number of halogens is 1. The zero-order valence-corrected chi connectivity index (χ0v) is 11.2. The molecule has 0 aromatic rings. The maximum atomic E-state index is 3.50. The molecular formula is C11H24BrN. The molecule has 2 heteroatoms. The zero-order chi connectivity index (χ0) is 10.3. The molecular weight excluding hydrogens is 226 g/mol. The average molecular weight is 250 g/mol. The fourth-order valence-electron chi connectivity index (χ4n) is 1.26. The Kier molecular flexibility index (Phi) is 7.06. The molecule has 0 aromatic heterocycles. The van der Waals surface area contributed by atoms with E-state index in [1.165, 1.54) is 32.5 Å². The van der Waals surface area contributed by atoms with Crippen LogP contribution in [0.1, 0.15) is 40.5 Å². The Morgan fingerprint density at radius 1 is 1.08 bits per heavy atom. The minimum Gasteiger partial charge on any atom is -0.302 e. The van der Waals surface area contributed by atoms with Gasteiger partial charge in [-0.05, 0) is 31.3 Å². The van der Waals surface area contributed by atoms with E-state index >= 15 is 0 Å². The molecule has 1 nitrogen and oxygen atoms in total. The highest BCUT2D eigenvalue weighted by Crippen LogP contribution is 2.18. The summed E-state index contributed by atoms with van der Waals surface area (Å²) >= 11 is 3.50. The Morgan fingerprint density at radius 2 is 1.69 bits per heavy atom. The first kappa shape index (κ1) is 13.4. The van der Waals surface area contributed by atoms with Gasteiger partial charge in [-0.2, -0.15) is 0 Å². The molecule has 80 valence electrons. The van der Waals surface area contributed by atoms with Crippen molar-refractivity contribution in [2.75, 3.05) is 25.0 Å². The third kappa shape index (κ3) is 8.76. The van der Waals surface area contributed by atoms with Gasteiger partial charge in [-0.25, -0.2) is 0 Å². The van der Waals surface area contributed by atoms with Crippen LogP contribution in [0.3, 0.4) is 0 Å². The van der Waals surface area contributed by atoms with Crippen molar-refractivity contribution in [3.05, 3.63) is 0 Å². The Labute approximate surface area is 92.0 Å². The van der Waals surface area contributed by atoms with Gasteiger partial charge < -0.3 is 4.90 Å². The summed E-state index contributed by atoms with van der Waals surface area (Å²) in [5.74, 6) is 0. The van der Waals surface area contributed by atoms with Crippen LogP contribution in [0.4, 0.5) is 0 Å². The van der Waals surface area contributed by atoms with E-state index < -0.39 is 0 Å². The fraction of sp³-hybridized carbons (Fsp3) is 1.00. The molecule has 0 N–H and O–H groups in total. The quantitative estimate of drug-likeness (QED) is 0.652. The van der Waals surface area contributed by atoms with Crippen molar-refractivity contribution in [2.24, 2.45) is 5.41 Å². The van der Waals surface area contributed by atoms with Gasteiger partial charge in [0.1, 0.15) is 0 Å². The summed E-state index contributed by atoms with van der Waals surface area (Å²) in [6, 6.07) is 0. The predicted molar refractivity (Wildman–Crippen MR) is 64.6 cm³/mol. The standard InChI is InChI=1S/C11H24BrN/c1-5-8-13(10-7-12)9-6-11(2,3)4/h5-10H2,1-4H3. The van der Waals surface area contributed by atoms with E-state index in [0.29, 0.717) is 5.41 Å². The SMILES string of the molecule is CCCN(CCBr)CCC(C)(C)C. The summed E-state index contributed by atoms with van der Waals surface area (Å²) in [6.07, 6.45) is 2.55. The van der Waals surface area contributed by atoms with E-state index in [2.05, 4.69) is 48.5 Å². The predicted octanol–water partition coefficient (Wildman–Crippen LogP) is 3.53. The number of hydrogen-bond acceptors (Lipinski definition) is 1. The smallest absolute Gasteiger partial charge is 0.0159 e. The third-order valence-corrected chi connectivity index (χ3v) is 2.47. The van der Waals surface area contributed by atoms with E-state index in [1.54, 1.807) is 0 Å². The molecule has 0 saturated heterocycles. The first-order valence-corrected chi connectivity index (χ1v) is 6.40. The monoisotopic (exact) mass is 249 g/mol. The van der Waals surface area contributed by atoms with E-state index in [0.717, 1.165) is 5.33 Å². The topological polar surface area (TPSA) is 3.24 Å². The zero-order valence-electron chi connectivity index (χ0n) is 9.57. The van der Waals surface area contributed by atoms with Crippen LogP contribution in [0.2, 0.25) is 0 Å². The molecule has 0 spiro atoms. The van der Waals surface area contributed by atoms with Gasteiger partial charge in [0, 0.05) is 11.9 Å². The van der Waals surface area contributed by atoms with Crippen LogP contribution >= 0.6 is 15.9 Å². The van der Waals surface area contributed by atoms with Crippen LogP contribution in [0.25, 0.3) is 0 Å². The number of rotatable bonds is 6. The molecule has 0 bridgehead atoms. The average Bonchev–Trinajstić information content (AvgIpc) is 2.00. The normalized spacial score (nSPS) is 12.5. The molecule has 0 atom stereocenters. The summed E-state index contributed by atoms with van der Waals surface area (Å²) in [6.45, 7) is 12.8. The van der Waals surface area contributed by atoms with E-state index in [4.69, 9.17) is 0 Å². The van der Waals surface area contributed by atoms with Crippen molar-refractivity contribution in [3.8, 4) is 0 Å². The Morgan fingerprint density at radius 3 is 2.08 bits per heavy atom. The Hall–Kier alpha value is 0.440. The summed E-state index contributed by atoms with van der Waals surface area (Å²) in [4.78, 5) is 2.54. The van der Waals surface area contributed by atoms with E-state index in [9.17, 15) is 0 Å². The van der Waals surface area contributed by atoms with Gasteiger partial charge in [0.2, 0.25) is 0 Å². The molecule has 0 fully saturated rings. The van der Waals surface area contributed by atoms with Gasteiger partial charge in [0.15, 0.2) is 0 Å². The molecule has 13 heavy (non-hydrogen) atoms. The lowest BCUT2D eigenvalue weighted by Crippen LogP contribution is -2.30. The van der Waals surface area contributed by atoms with Gasteiger partial charge >= 0.3 is 0 Å². The lowest BCUT2D eigenvalue weighted by molar-refractivity contribution is 0.239. The van der Waals surface area contributed by atoms with Gasteiger partial charge in [-0.1, -0.05) is 43.6 Å². The van der Waals surface area contributed by atoms with Crippen LogP contribution in [-0.4, -0.2) is 29.9 Å². The van der Waals surface area contributed by atoms with Gasteiger partial charge in [-0.15, -0.1) is 0 Å². The van der Waals surface area contributed by atoms with Crippen LogP contribution in [0.5, 0.6) is 0 Å². The lowest BCUT2D eigenvalue weighted by Gasteiger charge is -2.25. The van der Waals surface area contributed by atoms with Crippen molar-refractivity contribution in [2.45, 2.75) is 40.5 Å². The molecule has 0 heterocycles. The van der Waals surface area contributed by atoms with E-state index in [-0.39, 0.29) is 0 Å². The fourth-order valence-corrected chi connectivity index (χ4v) is 1.77. The van der Waals surface area contributed by atoms with Gasteiger partial charge in [-0.3, -0.25) is 0 Å². The maximum absolute atomic E-state index is 3.50. The Bertz CT molecular complexity index is 112. The number of hydrogen-bond donors (Lipinski definition) is 0. The van der Waals surface area contributed by atoms with Gasteiger partial charge in [0.25, 0.3) is 0 Å². The summed E-state index contributed by atoms with van der Waals surface area (Å²) in [5.41, 5.74) is 0.471. The van der Waals surface area contributed by atoms with Crippen LogP contribution in [0, 0.1) is 5.41 Å². The second kappa shape index (κ2) is 6.83. The molecule has 0 amide bonds. The van der Waals surface area contributed by atoms with E-state index in [1.807, 2.05) is 0 Å². The molecule has 0 radical (unpaired) electrons. The van der Waals surface area contributed by atoms with Crippen molar-refractivity contribution in [3.63, 3.8) is 0 Å². The summed E-state index contributed by atoms with van der Waals surface area (Å²) < 4.78 is 0. The maximum Gasteiger partial charge on any atom is 0.0159 e. The second-order valence-electron chi connectivity index (χ2n) is 4.84. The van der Waals surface area contributed by atoms with Crippen LogP contribution in [0.15, 0.2) is 0 Å². The number of alkyl halides is 1. The molecule has 0 unspecified atom stereocenters. The highest BCUT2D eigenvalue weighted by Gasteiger charge is 2.12. The lowest BCUT2D eigenvalue weighted by atomic mass is 9.92. The van der Waals surface area contributed by atoms with Crippen molar-refractivity contribution >= 4 is 15.9 Å². The number of nitrogens with zero attached hydrogens (tertiary/aromatic N) is 1. The first-order chi connectivity index (χ1) is 5.99. The molecule has 0 aromatic carbocycles. The Balaban J connectivity index is 3.68. The van der Waals surface area contributed by atoms with Crippen molar-refractivity contribution in [1.29, 1.82) is 0 Å². The molecule has 0 saturated carbocycles. The van der Waals surface area contributed by atoms with Crippen molar-refractivity contribution in [1.82, 2.24) is 4.90 Å². The minimum atomic E-state index is 0.471. The highest BCUT2D eigenvalue weighted by atomic mass is 79.9.